The third kappa shape index (κ3) is 7.95. The molecule has 0 radical (unpaired) electrons. The van der Waals surface area contributed by atoms with Crippen LogP contribution in [0.5, 0.6) is 0 Å². The van der Waals surface area contributed by atoms with Gasteiger partial charge in [0.25, 0.3) is 0 Å². The minimum atomic E-state index is 0.348. The van der Waals surface area contributed by atoms with Gasteiger partial charge < -0.3 is 5.73 Å². The van der Waals surface area contributed by atoms with Crippen molar-refractivity contribution in [3.05, 3.63) is 12.7 Å². The Hall–Kier alpha value is 0.0500. The lowest BCUT2D eigenvalue weighted by molar-refractivity contribution is 0.684. The summed E-state index contributed by atoms with van der Waals surface area (Å²) in [5.74, 6) is 1.07. The highest BCUT2D eigenvalue weighted by Gasteiger charge is 2.02. The van der Waals surface area contributed by atoms with E-state index in [4.69, 9.17) is 5.73 Å². The summed E-state index contributed by atoms with van der Waals surface area (Å²) in [5, 5.41) is 0.699. The Morgan fingerprint density at radius 1 is 1.55 bits per heavy atom. The topological polar surface area (TPSA) is 26.0 Å². The van der Waals surface area contributed by atoms with Crippen molar-refractivity contribution in [3.8, 4) is 0 Å². The number of thioether (sulfide) groups is 1. The minimum Gasteiger partial charge on any atom is -0.327 e. The van der Waals surface area contributed by atoms with E-state index in [-0.39, 0.29) is 0 Å². The smallest absolute Gasteiger partial charge is 0.0133 e. The predicted molar refractivity (Wildman–Crippen MR) is 55.0 cm³/mol. The van der Waals surface area contributed by atoms with E-state index >= 15 is 0 Å². The maximum atomic E-state index is 5.84. The molecule has 0 aliphatic rings. The standard InChI is InChI=1S/C9H19NS/c1-4-5-6-9(10)7-11-8(2)3/h4,8-9H,1,5-7,10H2,2-3H3. The SMILES string of the molecule is C=CCCC(N)CSC(C)C. The molecule has 0 heterocycles. The van der Waals surface area contributed by atoms with Crippen molar-refractivity contribution >= 4 is 11.8 Å². The maximum Gasteiger partial charge on any atom is 0.0133 e. The molecule has 0 aromatic rings. The lowest BCUT2D eigenvalue weighted by Crippen LogP contribution is -2.23. The third-order valence-corrected chi connectivity index (χ3v) is 2.67. The monoisotopic (exact) mass is 173 g/mol. The highest BCUT2D eigenvalue weighted by Crippen LogP contribution is 2.11. The lowest BCUT2D eigenvalue weighted by atomic mass is 10.2. The van der Waals surface area contributed by atoms with E-state index < -0.39 is 0 Å². The van der Waals surface area contributed by atoms with Gasteiger partial charge in [-0.1, -0.05) is 19.9 Å². The summed E-state index contributed by atoms with van der Waals surface area (Å²) in [6.45, 7) is 8.06. The van der Waals surface area contributed by atoms with Crippen LogP contribution in [0.3, 0.4) is 0 Å². The van der Waals surface area contributed by atoms with Crippen LogP contribution in [0.2, 0.25) is 0 Å². The molecule has 0 spiro atoms. The van der Waals surface area contributed by atoms with Gasteiger partial charge in [-0.2, -0.15) is 11.8 Å². The molecular weight excluding hydrogens is 154 g/mol. The van der Waals surface area contributed by atoms with Gasteiger partial charge in [0.15, 0.2) is 0 Å². The van der Waals surface area contributed by atoms with Crippen molar-refractivity contribution in [2.24, 2.45) is 5.73 Å². The van der Waals surface area contributed by atoms with Crippen LogP contribution in [0, 0.1) is 0 Å². The molecule has 0 saturated heterocycles. The van der Waals surface area contributed by atoms with Crippen LogP contribution in [0.1, 0.15) is 26.7 Å². The van der Waals surface area contributed by atoms with Crippen LogP contribution in [0.4, 0.5) is 0 Å². The first kappa shape index (κ1) is 11.1. The molecule has 0 amide bonds. The van der Waals surface area contributed by atoms with Gasteiger partial charge in [0, 0.05) is 11.8 Å². The highest BCUT2D eigenvalue weighted by molar-refractivity contribution is 7.99. The van der Waals surface area contributed by atoms with Crippen molar-refractivity contribution in [1.29, 1.82) is 0 Å². The van der Waals surface area contributed by atoms with E-state index in [0.29, 0.717) is 11.3 Å². The molecular formula is C9H19NS. The zero-order valence-corrected chi connectivity index (χ0v) is 8.36. The zero-order chi connectivity index (χ0) is 8.69. The largest absolute Gasteiger partial charge is 0.327 e. The normalized spacial score (nSPS) is 13.5. The van der Waals surface area contributed by atoms with Gasteiger partial charge in [-0.25, -0.2) is 0 Å². The molecule has 0 saturated carbocycles. The van der Waals surface area contributed by atoms with E-state index in [1.807, 2.05) is 17.8 Å². The van der Waals surface area contributed by atoms with Crippen LogP contribution in [-0.2, 0) is 0 Å². The van der Waals surface area contributed by atoms with Crippen LogP contribution < -0.4 is 5.73 Å². The van der Waals surface area contributed by atoms with Gasteiger partial charge in [0.1, 0.15) is 0 Å². The Balaban J connectivity index is 3.21. The Bertz CT molecular complexity index is 102. The first-order valence-corrected chi connectivity index (χ1v) is 5.19. The molecule has 1 nitrogen and oxygen atoms in total. The Morgan fingerprint density at radius 2 is 2.18 bits per heavy atom. The van der Waals surface area contributed by atoms with Crippen LogP contribution in [0.25, 0.3) is 0 Å². The average Bonchev–Trinajstić information content (AvgIpc) is 1.97. The van der Waals surface area contributed by atoms with Gasteiger partial charge in [0.05, 0.1) is 0 Å². The predicted octanol–water partition coefficient (Wildman–Crippen LogP) is 2.42. The van der Waals surface area contributed by atoms with E-state index in [1.54, 1.807) is 0 Å². The van der Waals surface area contributed by atoms with E-state index in [2.05, 4.69) is 20.4 Å². The summed E-state index contributed by atoms with van der Waals surface area (Å²) in [4.78, 5) is 0. The van der Waals surface area contributed by atoms with E-state index in [9.17, 15) is 0 Å². The van der Waals surface area contributed by atoms with Crippen LogP contribution in [0.15, 0.2) is 12.7 Å². The van der Waals surface area contributed by atoms with E-state index in [0.717, 1.165) is 18.6 Å². The van der Waals surface area contributed by atoms with Crippen LogP contribution >= 0.6 is 11.8 Å². The summed E-state index contributed by atoms with van der Waals surface area (Å²) in [6.07, 6.45) is 4.04. The molecule has 0 bridgehead atoms. The first-order chi connectivity index (χ1) is 5.16. The van der Waals surface area contributed by atoms with E-state index in [1.165, 1.54) is 0 Å². The molecule has 2 N–H and O–H groups in total. The zero-order valence-electron chi connectivity index (χ0n) is 7.55. The molecule has 0 aromatic carbocycles. The fourth-order valence-electron chi connectivity index (χ4n) is 0.731. The molecule has 11 heavy (non-hydrogen) atoms. The van der Waals surface area contributed by atoms with Crippen molar-refractivity contribution in [1.82, 2.24) is 0 Å². The Labute approximate surface area is 74.4 Å². The van der Waals surface area contributed by atoms with Crippen molar-refractivity contribution in [2.45, 2.75) is 38.0 Å². The minimum absolute atomic E-state index is 0.348. The highest BCUT2D eigenvalue weighted by atomic mass is 32.2. The quantitative estimate of drug-likeness (QED) is 0.624. The van der Waals surface area contributed by atoms with Gasteiger partial charge in [-0.15, -0.1) is 6.58 Å². The van der Waals surface area contributed by atoms with Crippen molar-refractivity contribution in [2.75, 3.05) is 5.75 Å². The van der Waals surface area contributed by atoms with Gasteiger partial charge in [-0.05, 0) is 18.1 Å². The van der Waals surface area contributed by atoms with Gasteiger partial charge in [-0.3, -0.25) is 0 Å². The maximum absolute atomic E-state index is 5.84. The molecule has 0 fully saturated rings. The molecule has 1 atom stereocenters. The summed E-state index contributed by atoms with van der Waals surface area (Å²) in [7, 11) is 0. The first-order valence-electron chi connectivity index (χ1n) is 4.15. The average molecular weight is 173 g/mol. The molecule has 0 aliphatic heterocycles. The molecule has 1 unspecified atom stereocenters. The molecule has 0 aliphatic carbocycles. The summed E-state index contributed by atoms with van der Waals surface area (Å²) < 4.78 is 0. The Morgan fingerprint density at radius 3 is 2.64 bits per heavy atom. The lowest BCUT2D eigenvalue weighted by Gasteiger charge is -2.11. The fraction of sp³-hybridized carbons (Fsp3) is 0.778. The third-order valence-electron chi connectivity index (χ3n) is 1.39. The number of hydrogen-bond donors (Lipinski definition) is 1. The second kappa shape index (κ2) is 6.74. The number of allylic oxidation sites excluding steroid dienone is 1. The molecule has 66 valence electrons. The summed E-state index contributed by atoms with van der Waals surface area (Å²) in [5.41, 5.74) is 5.84. The van der Waals surface area contributed by atoms with Crippen molar-refractivity contribution in [3.63, 3.8) is 0 Å². The second-order valence-corrected chi connectivity index (χ2v) is 4.62. The van der Waals surface area contributed by atoms with Crippen molar-refractivity contribution < 1.29 is 0 Å². The number of nitrogens with two attached hydrogens (primary N) is 1. The van der Waals surface area contributed by atoms with Crippen LogP contribution in [-0.4, -0.2) is 17.0 Å². The molecule has 0 aromatic heterocycles. The fourth-order valence-corrected chi connectivity index (χ4v) is 1.53. The van der Waals surface area contributed by atoms with Gasteiger partial charge in [0.2, 0.25) is 0 Å². The number of rotatable bonds is 6. The second-order valence-electron chi connectivity index (χ2n) is 3.01. The number of hydrogen-bond acceptors (Lipinski definition) is 2. The Kier molecular flexibility index (Phi) is 6.77. The van der Waals surface area contributed by atoms with Gasteiger partial charge >= 0.3 is 0 Å². The molecule has 2 heteroatoms. The summed E-state index contributed by atoms with van der Waals surface area (Å²) >= 11 is 1.93. The molecule has 0 rings (SSSR count). The summed E-state index contributed by atoms with van der Waals surface area (Å²) in [6, 6.07) is 0.348.